The van der Waals surface area contributed by atoms with Crippen molar-refractivity contribution in [3.05, 3.63) is 70.8 Å². The van der Waals surface area contributed by atoms with E-state index in [1.165, 1.54) is 22.3 Å². The molecule has 0 spiro atoms. The monoisotopic (exact) mass is 380 g/mol. The molecule has 1 atom stereocenters. The Bertz CT molecular complexity index is 764. The number of nitrogens with zero attached hydrogens (tertiary/aromatic N) is 2. The molecule has 0 bridgehead atoms. The topological polar surface area (TPSA) is 32.8 Å². The molecule has 0 N–H and O–H groups in total. The van der Waals surface area contributed by atoms with E-state index in [2.05, 4.69) is 72.2 Å². The molecular weight excluding hydrogens is 348 g/mol. The number of Topliss-reactive ketones (excluding diaryl/α,β-unsaturated/α-hetero) is 1. The van der Waals surface area contributed by atoms with Crippen LogP contribution in [0.5, 0.6) is 0 Å². The molecule has 4 nitrogen and oxygen atoms in total. The lowest BCUT2D eigenvalue weighted by Gasteiger charge is -2.40. The number of aryl methyl sites for hydroxylation is 2. The number of rotatable bonds is 8. The van der Waals surface area contributed by atoms with E-state index in [0.29, 0.717) is 6.61 Å². The summed E-state index contributed by atoms with van der Waals surface area (Å²) in [4.78, 5) is 16.0. The number of hydrogen-bond acceptors (Lipinski definition) is 4. The number of piperazine rings is 1. The molecule has 2 aromatic rings. The number of benzene rings is 2. The van der Waals surface area contributed by atoms with Crippen LogP contribution in [0.15, 0.2) is 48.5 Å². The summed E-state index contributed by atoms with van der Waals surface area (Å²) in [5.74, 6) is 0.0870. The Labute approximate surface area is 169 Å². The maximum Gasteiger partial charge on any atom is 0.155 e. The van der Waals surface area contributed by atoms with Crippen molar-refractivity contribution in [3.63, 3.8) is 0 Å². The molecule has 1 heterocycles. The Hall–Kier alpha value is -2.01. The second kappa shape index (κ2) is 9.97. The van der Waals surface area contributed by atoms with Crippen LogP contribution in [0.2, 0.25) is 0 Å². The highest BCUT2D eigenvalue weighted by molar-refractivity contribution is 5.76. The standard InChI is InChI=1S/C24H32N2O2/c1-19-7-9-22(10-8-19)24(23-6-4-5-20(2)17-23)26-13-11-25(12-14-26)15-16-28-18-21(3)27/h4-10,17,24H,11-16,18H2,1-3H3. The molecule has 1 aliphatic heterocycles. The number of hydrogen-bond donors (Lipinski definition) is 0. The number of carbonyl (C=O) groups excluding carboxylic acids is 1. The highest BCUT2D eigenvalue weighted by atomic mass is 16.5. The highest BCUT2D eigenvalue weighted by Gasteiger charge is 2.26. The minimum Gasteiger partial charge on any atom is -0.372 e. The minimum atomic E-state index is 0.0870. The van der Waals surface area contributed by atoms with Gasteiger partial charge in [-0.25, -0.2) is 0 Å². The maximum absolute atomic E-state index is 11.0. The quantitative estimate of drug-likeness (QED) is 0.655. The van der Waals surface area contributed by atoms with Gasteiger partial charge >= 0.3 is 0 Å². The lowest BCUT2D eigenvalue weighted by molar-refractivity contribution is -0.121. The first kappa shape index (κ1) is 20.7. The second-order valence-corrected chi connectivity index (χ2v) is 7.86. The van der Waals surface area contributed by atoms with E-state index >= 15 is 0 Å². The van der Waals surface area contributed by atoms with Crippen molar-refractivity contribution >= 4 is 5.78 Å². The van der Waals surface area contributed by atoms with E-state index in [-0.39, 0.29) is 18.4 Å². The number of carbonyl (C=O) groups is 1. The summed E-state index contributed by atoms with van der Waals surface area (Å²) >= 11 is 0. The van der Waals surface area contributed by atoms with Crippen molar-refractivity contribution in [1.82, 2.24) is 9.80 Å². The molecule has 0 aromatic heterocycles. The van der Waals surface area contributed by atoms with Crippen molar-refractivity contribution in [3.8, 4) is 0 Å². The normalized spacial score (nSPS) is 16.8. The fourth-order valence-corrected chi connectivity index (χ4v) is 3.86. The molecule has 1 fully saturated rings. The van der Waals surface area contributed by atoms with Gasteiger partial charge in [0, 0.05) is 32.7 Å². The Morgan fingerprint density at radius 3 is 2.32 bits per heavy atom. The molecule has 0 radical (unpaired) electrons. The molecule has 1 saturated heterocycles. The van der Waals surface area contributed by atoms with Crippen molar-refractivity contribution in [2.45, 2.75) is 26.8 Å². The third-order valence-corrected chi connectivity index (χ3v) is 5.38. The highest BCUT2D eigenvalue weighted by Crippen LogP contribution is 2.30. The van der Waals surface area contributed by atoms with Crippen LogP contribution in [0, 0.1) is 13.8 Å². The molecule has 4 heteroatoms. The Morgan fingerprint density at radius 2 is 1.68 bits per heavy atom. The predicted octanol–water partition coefficient (Wildman–Crippen LogP) is 3.62. The van der Waals surface area contributed by atoms with Gasteiger partial charge < -0.3 is 4.74 Å². The van der Waals surface area contributed by atoms with Crippen LogP contribution in [0.4, 0.5) is 0 Å². The average Bonchev–Trinajstić information content (AvgIpc) is 2.68. The zero-order valence-corrected chi connectivity index (χ0v) is 17.4. The zero-order chi connectivity index (χ0) is 19.9. The molecule has 0 aliphatic carbocycles. The summed E-state index contributed by atoms with van der Waals surface area (Å²) in [5, 5.41) is 0. The smallest absolute Gasteiger partial charge is 0.155 e. The molecule has 150 valence electrons. The summed E-state index contributed by atoms with van der Waals surface area (Å²) in [5.41, 5.74) is 5.31. The molecule has 28 heavy (non-hydrogen) atoms. The van der Waals surface area contributed by atoms with Crippen LogP contribution < -0.4 is 0 Å². The molecule has 1 unspecified atom stereocenters. The minimum absolute atomic E-state index is 0.0870. The van der Waals surface area contributed by atoms with Gasteiger partial charge in [0.25, 0.3) is 0 Å². The summed E-state index contributed by atoms with van der Waals surface area (Å²) in [6, 6.07) is 18.1. The van der Waals surface area contributed by atoms with Crippen molar-refractivity contribution < 1.29 is 9.53 Å². The van der Waals surface area contributed by atoms with Gasteiger partial charge in [0.15, 0.2) is 5.78 Å². The zero-order valence-electron chi connectivity index (χ0n) is 17.4. The van der Waals surface area contributed by atoms with Gasteiger partial charge in [-0.1, -0.05) is 59.7 Å². The van der Waals surface area contributed by atoms with Gasteiger partial charge in [-0.05, 0) is 31.9 Å². The molecular formula is C24H32N2O2. The number of ketones is 1. The summed E-state index contributed by atoms with van der Waals surface area (Å²) in [6.45, 7) is 11.7. The van der Waals surface area contributed by atoms with Crippen molar-refractivity contribution in [2.75, 3.05) is 45.9 Å². The first-order valence-corrected chi connectivity index (χ1v) is 10.2. The fraction of sp³-hybridized carbons (Fsp3) is 0.458. The van der Waals surface area contributed by atoms with Gasteiger partial charge in [-0.2, -0.15) is 0 Å². The van der Waals surface area contributed by atoms with Crippen LogP contribution in [-0.4, -0.2) is 61.5 Å². The molecule has 1 aliphatic rings. The van der Waals surface area contributed by atoms with Crippen LogP contribution >= 0.6 is 0 Å². The van der Waals surface area contributed by atoms with Crippen molar-refractivity contribution in [1.29, 1.82) is 0 Å². The maximum atomic E-state index is 11.0. The van der Waals surface area contributed by atoms with Gasteiger partial charge in [-0.15, -0.1) is 0 Å². The van der Waals surface area contributed by atoms with E-state index < -0.39 is 0 Å². The van der Waals surface area contributed by atoms with Crippen LogP contribution in [0.3, 0.4) is 0 Å². The third kappa shape index (κ3) is 5.74. The summed E-state index contributed by atoms with van der Waals surface area (Å²) < 4.78 is 5.43. The molecule has 0 amide bonds. The fourth-order valence-electron chi connectivity index (χ4n) is 3.86. The van der Waals surface area contributed by atoms with E-state index in [0.717, 1.165) is 32.7 Å². The molecule has 3 rings (SSSR count). The van der Waals surface area contributed by atoms with Crippen molar-refractivity contribution in [2.24, 2.45) is 0 Å². The van der Waals surface area contributed by atoms with E-state index in [1.807, 2.05) is 0 Å². The third-order valence-electron chi connectivity index (χ3n) is 5.38. The predicted molar refractivity (Wildman–Crippen MR) is 114 cm³/mol. The first-order chi connectivity index (χ1) is 13.5. The van der Waals surface area contributed by atoms with E-state index in [4.69, 9.17) is 4.74 Å². The lowest BCUT2D eigenvalue weighted by Crippen LogP contribution is -2.48. The summed E-state index contributed by atoms with van der Waals surface area (Å²) in [7, 11) is 0. The van der Waals surface area contributed by atoms with Crippen LogP contribution in [0.25, 0.3) is 0 Å². The SMILES string of the molecule is CC(=O)COCCN1CCN(C(c2ccc(C)cc2)c2cccc(C)c2)CC1. The van der Waals surface area contributed by atoms with Gasteiger partial charge in [0.05, 0.1) is 12.6 Å². The second-order valence-electron chi connectivity index (χ2n) is 7.86. The summed E-state index contributed by atoms with van der Waals surface area (Å²) in [6.07, 6.45) is 0. The average molecular weight is 381 g/mol. The largest absolute Gasteiger partial charge is 0.372 e. The molecule has 0 saturated carbocycles. The lowest BCUT2D eigenvalue weighted by atomic mass is 9.94. The number of ether oxygens (including phenoxy) is 1. The van der Waals surface area contributed by atoms with E-state index in [1.54, 1.807) is 6.92 Å². The van der Waals surface area contributed by atoms with Gasteiger partial charge in [0.1, 0.15) is 6.61 Å². The van der Waals surface area contributed by atoms with Gasteiger partial charge in [-0.3, -0.25) is 14.6 Å². The molecule has 2 aromatic carbocycles. The Kier molecular flexibility index (Phi) is 7.37. The van der Waals surface area contributed by atoms with E-state index in [9.17, 15) is 4.79 Å². The van der Waals surface area contributed by atoms with Crippen LogP contribution in [-0.2, 0) is 9.53 Å². The Balaban J connectivity index is 1.67. The van der Waals surface area contributed by atoms with Gasteiger partial charge in [0.2, 0.25) is 0 Å². The van der Waals surface area contributed by atoms with Crippen LogP contribution in [0.1, 0.15) is 35.2 Å². The Morgan fingerprint density at radius 1 is 0.964 bits per heavy atom. The first-order valence-electron chi connectivity index (χ1n) is 10.2.